The predicted molar refractivity (Wildman–Crippen MR) is 43.3 cm³/mol. The molecule has 0 aromatic heterocycles. The Kier molecular flexibility index (Phi) is 1.86. The number of halogens is 2. The van der Waals surface area contributed by atoms with E-state index in [0.29, 0.717) is 24.4 Å². The molecule has 1 nitrogen and oxygen atoms in total. The predicted octanol–water partition coefficient (Wildman–Crippen LogP) is 2.17. The summed E-state index contributed by atoms with van der Waals surface area (Å²) in [6, 6.07) is 0.372. The van der Waals surface area contributed by atoms with Crippen molar-refractivity contribution in [3.05, 3.63) is 0 Å². The van der Waals surface area contributed by atoms with Crippen LogP contribution < -0.4 is 5.32 Å². The monoisotopic (exact) mass is 175 g/mol. The van der Waals surface area contributed by atoms with Gasteiger partial charge < -0.3 is 5.32 Å². The van der Waals surface area contributed by atoms with E-state index in [4.69, 9.17) is 0 Å². The summed E-state index contributed by atoms with van der Waals surface area (Å²) in [7, 11) is 0. The molecule has 1 N–H and O–H groups in total. The SMILES string of the molecule is CC1(NC2CC(C(F)F)C2)CC1. The molecule has 0 saturated heterocycles. The van der Waals surface area contributed by atoms with Crippen LogP contribution >= 0.6 is 0 Å². The van der Waals surface area contributed by atoms with Crippen molar-refractivity contribution in [2.75, 3.05) is 0 Å². The third-order valence-electron chi connectivity index (χ3n) is 3.08. The third kappa shape index (κ3) is 1.60. The first-order chi connectivity index (χ1) is 5.59. The molecule has 0 aliphatic heterocycles. The minimum absolute atomic E-state index is 0.303. The van der Waals surface area contributed by atoms with Crippen LogP contribution in [0.5, 0.6) is 0 Å². The van der Waals surface area contributed by atoms with E-state index >= 15 is 0 Å². The zero-order valence-corrected chi connectivity index (χ0v) is 7.32. The molecule has 0 unspecified atom stereocenters. The second kappa shape index (κ2) is 2.66. The van der Waals surface area contributed by atoms with Gasteiger partial charge in [-0.25, -0.2) is 8.78 Å². The van der Waals surface area contributed by atoms with E-state index < -0.39 is 6.43 Å². The lowest BCUT2D eigenvalue weighted by Gasteiger charge is -2.37. The molecule has 2 aliphatic rings. The van der Waals surface area contributed by atoms with Gasteiger partial charge in [-0.2, -0.15) is 0 Å². The molecule has 0 bridgehead atoms. The maximum atomic E-state index is 12.1. The van der Waals surface area contributed by atoms with Gasteiger partial charge in [-0.15, -0.1) is 0 Å². The average molecular weight is 175 g/mol. The summed E-state index contributed by atoms with van der Waals surface area (Å²) in [5, 5.41) is 3.42. The van der Waals surface area contributed by atoms with Crippen LogP contribution in [0.1, 0.15) is 32.6 Å². The first-order valence-electron chi connectivity index (χ1n) is 4.65. The molecule has 0 aromatic carbocycles. The van der Waals surface area contributed by atoms with Crippen molar-refractivity contribution in [2.45, 2.75) is 50.6 Å². The maximum Gasteiger partial charge on any atom is 0.241 e. The highest BCUT2D eigenvalue weighted by molar-refractivity contribution is 5.02. The van der Waals surface area contributed by atoms with E-state index in [-0.39, 0.29) is 5.92 Å². The Balaban J connectivity index is 1.68. The Morgan fingerprint density at radius 1 is 1.33 bits per heavy atom. The molecule has 0 spiro atoms. The normalized spacial score (nSPS) is 38.0. The van der Waals surface area contributed by atoms with E-state index in [9.17, 15) is 8.78 Å². The van der Waals surface area contributed by atoms with E-state index in [2.05, 4.69) is 12.2 Å². The van der Waals surface area contributed by atoms with E-state index in [1.165, 1.54) is 12.8 Å². The fourth-order valence-corrected chi connectivity index (χ4v) is 1.81. The van der Waals surface area contributed by atoms with Crippen LogP contribution in [0.2, 0.25) is 0 Å². The zero-order chi connectivity index (χ0) is 8.77. The van der Waals surface area contributed by atoms with Crippen LogP contribution in [0.15, 0.2) is 0 Å². The molecule has 3 heteroatoms. The third-order valence-corrected chi connectivity index (χ3v) is 3.08. The Morgan fingerprint density at radius 3 is 2.33 bits per heavy atom. The molecule has 0 radical (unpaired) electrons. The number of nitrogens with one attached hydrogen (secondary N) is 1. The van der Waals surface area contributed by atoms with Gasteiger partial charge >= 0.3 is 0 Å². The van der Waals surface area contributed by atoms with Gasteiger partial charge in [-0.3, -0.25) is 0 Å². The molecule has 0 atom stereocenters. The highest BCUT2D eigenvalue weighted by Gasteiger charge is 2.43. The van der Waals surface area contributed by atoms with Crippen molar-refractivity contribution >= 4 is 0 Å². The largest absolute Gasteiger partial charge is 0.309 e. The minimum atomic E-state index is -2.10. The average Bonchev–Trinajstić information content (AvgIpc) is 2.58. The Labute approximate surface area is 71.5 Å². The number of hydrogen-bond acceptors (Lipinski definition) is 1. The smallest absolute Gasteiger partial charge is 0.241 e. The summed E-state index contributed by atoms with van der Waals surface area (Å²) in [5.41, 5.74) is 0.303. The van der Waals surface area contributed by atoms with Crippen molar-refractivity contribution in [1.82, 2.24) is 5.32 Å². The fourth-order valence-electron chi connectivity index (χ4n) is 1.81. The van der Waals surface area contributed by atoms with Crippen molar-refractivity contribution in [1.29, 1.82) is 0 Å². The van der Waals surface area contributed by atoms with E-state index in [1.54, 1.807) is 0 Å². The first kappa shape index (κ1) is 8.42. The molecule has 70 valence electrons. The Morgan fingerprint density at radius 2 is 1.92 bits per heavy atom. The zero-order valence-electron chi connectivity index (χ0n) is 7.32. The van der Waals surface area contributed by atoms with Crippen molar-refractivity contribution in [3.8, 4) is 0 Å². The van der Waals surface area contributed by atoms with Crippen LogP contribution in [0.25, 0.3) is 0 Å². The molecule has 2 aliphatic carbocycles. The molecule has 12 heavy (non-hydrogen) atoms. The number of hydrogen-bond donors (Lipinski definition) is 1. The van der Waals surface area contributed by atoms with Crippen LogP contribution in [-0.4, -0.2) is 18.0 Å². The second-order valence-corrected chi connectivity index (χ2v) is 4.47. The standard InChI is InChI=1S/C9H15F2N/c1-9(2-3-9)12-7-4-6(5-7)8(10)11/h6-8,12H,2-5H2,1H3. The van der Waals surface area contributed by atoms with Gasteiger partial charge in [-0.05, 0) is 32.6 Å². The summed E-state index contributed by atoms with van der Waals surface area (Å²) in [6.45, 7) is 2.17. The Bertz CT molecular complexity index is 171. The molecular weight excluding hydrogens is 160 g/mol. The maximum absolute atomic E-state index is 12.1. The van der Waals surface area contributed by atoms with Gasteiger partial charge in [0.25, 0.3) is 0 Å². The first-order valence-corrected chi connectivity index (χ1v) is 4.65. The minimum Gasteiger partial charge on any atom is -0.309 e. The van der Waals surface area contributed by atoms with Crippen molar-refractivity contribution in [2.24, 2.45) is 5.92 Å². The summed E-state index contributed by atoms with van der Waals surface area (Å²) in [4.78, 5) is 0. The molecular formula is C9H15F2N. The highest BCUT2D eigenvalue weighted by Crippen LogP contribution is 2.40. The Hall–Kier alpha value is -0.180. The molecule has 0 aromatic rings. The van der Waals surface area contributed by atoms with Gasteiger partial charge in [-0.1, -0.05) is 0 Å². The quantitative estimate of drug-likeness (QED) is 0.693. The van der Waals surface area contributed by atoms with Crippen LogP contribution in [0.4, 0.5) is 8.78 Å². The summed E-state index contributed by atoms with van der Waals surface area (Å²) in [6.07, 6.45) is 1.67. The lowest BCUT2D eigenvalue weighted by Crippen LogP contribution is -2.48. The number of rotatable bonds is 3. The van der Waals surface area contributed by atoms with Gasteiger partial charge in [0.05, 0.1) is 0 Å². The topological polar surface area (TPSA) is 12.0 Å². The molecule has 2 saturated carbocycles. The van der Waals surface area contributed by atoms with Crippen molar-refractivity contribution in [3.63, 3.8) is 0 Å². The lowest BCUT2D eigenvalue weighted by molar-refractivity contribution is 0.0129. The molecule has 2 rings (SSSR count). The van der Waals surface area contributed by atoms with Crippen LogP contribution in [0.3, 0.4) is 0 Å². The fraction of sp³-hybridized carbons (Fsp3) is 1.00. The summed E-state index contributed by atoms with van der Waals surface area (Å²) in [5.74, 6) is -0.329. The van der Waals surface area contributed by atoms with Crippen molar-refractivity contribution < 1.29 is 8.78 Å². The molecule has 0 heterocycles. The lowest BCUT2D eigenvalue weighted by atomic mass is 9.80. The highest BCUT2D eigenvalue weighted by atomic mass is 19.3. The van der Waals surface area contributed by atoms with E-state index in [0.717, 1.165) is 0 Å². The van der Waals surface area contributed by atoms with Gasteiger partial charge in [0.2, 0.25) is 6.43 Å². The van der Waals surface area contributed by atoms with Gasteiger partial charge in [0.15, 0.2) is 0 Å². The van der Waals surface area contributed by atoms with Crippen LogP contribution in [0, 0.1) is 5.92 Å². The second-order valence-electron chi connectivity index (χ2n) is 4.47. The van der Waals surface area contributed by atoms with Gasteiger partial charge in [0, 0.05) is 17.5 Å². The summed E-state index contributed by atoms with van der Waals surface area (Å²) >= 11 is 0. The van der Waals surface area contributed by atoms with Gasteiger partial charge in [0.1, 0.15) is 0 Å². The van der Waals surface area contributed by atoms with Crippen LogP contribution in [-0.2, 0) is 0 Å². The van der Waals surface area contributed by atoms with E-state index in [1.807, 2.05) is 0 Å². The summed E-state index contributed by atoms with van der Waals surface area (Å²) < 4.78 is 24.1. The molecule has 2 fully saturated rings. The molecule has 0 amide bonds. The number of alkyl halides is 2.